The number of imidazole rings is 1. The Kier molecular flexibility index (Phi) is 4.89. The van der Waals surface area contributed by atoms with E-state index in [4.69, 9.17) is 5.11 Å². The lowest BCUT2D eigenvalue weighted by Gasteiger charge is -2.08. The summed E-state index contributed by atoms with van der Waals surface area (Å²) >= 11 is 0. The van der Waals surface area contributed by atoms with Gasteiger partial charge in [0.25, 0.3) is 5.91 Å². The summed E-state index contributed by atoms with van der Waals surface area (Å²) in [7, 11) is 0. The summed E-state index contributed by atoms with van der Waals surface area (Å²) in [6.45, 7) is 4.94. The number of allylic oxidation sites excluding steroid dienone is 1. The standard InChI is InChI=1S/C14H19N5O2/c1-3-19-12(10-11(2)17-19)13(21)16-14-15-6-8-18(14)7-4-5-9-20/h4-6,8,10,20H,3,7,9H2,1-2H3,(H,15,16,21)/b5-4+. The fourth-order valence-electron chi connectivity index (χ4n) is 1.98. The predicted molar refractivity (Wildman–Crippen MR) is 79.0 cm³/mol. The summed E-state index contributed by atoms with van der Waals surface area (Å²) in [6.07, 6.45) is 6.82. The van der Waals surface area contributed by atoms with Crippen LogP contribution >= 0.6 is 0 Å². The molecule has 0 radical (unpaired) electrons. The van der Waals surface area contributed by atoms with Crippen molar-refractivity contribution in [3.8, 4) is 0 Å². The van der Waals surface area contributed by atoms with Crippen LogP contribution in [0.3, 0.4) is 0 Å². The molecule has 2 aromatic rings. The van der Waals surface area contributed by atoms with E-state index in [0.29, 0.717) is 24.7 Å². The minimum absolute atomic E-state index is 0.00858. The van der Waals surface area contributed by atoms with Gasteiger partial charge in [-0.3, -0.25) is 14.8 Å². The lowest BCUT2D eigenvalue weighted by molar-refractivity contribution is 0.101. The molecule has 0 spiro atoms. The molecule has 7 nitrogen and oxygen atoms in total. The third-order valence-electron chi connectivity index (χ3n) is 2.95. The Morgan fingerprint density at radius 2 is 2.29 bits per heavy atom. The molecule has 2 rings (SSSR count). The average molecular weight is 289 g/mol. The molecule has 0 fully saturated rings. The summed E-state index contributed by atoms with van der Waals surface area (Å²) in [5, 5.41) is 15.8. The SMILES string of the molecule is CCn1nc(C)cc1C(=O)Nc1nccn1C/C=C/CO. The van der Waals surface area contributed by atoms with Crippen LogP contribution in [-0.4, -0.2) is 37.0 Å². The highest BCUT2D eigenvalue weighted by Crippen LogP contribution is 2.09. The van der Waals surface area contributed by atoms with Crippen molar-refractivity contribution < 1.29 is 9.90 Å². The Morgan fingerprint density at radius 3 is 3.00 bits per heavy atom. The number of nitrogens with one attached hydrogen (secondary N) is 1. The van der Waals surface area contributed by atoms with Crippen molar-refractivity contribution in [2.24, 2.45) is 0 Å². The minimum atomic E-state index is -0.240. The topological polar surface area (TPSA) is 85.0 Å². The molecule has 7 heteroatoms. The summed E-state index contributed by atoms with van der Waals surface area (Å²) in [5.41, 5.74) is 1.31. The molecule has 21 heavy (non-hydrogen) atoms. The molecule has 112 valence electrons. The minimum Gasteiger partial charge on any atom is -0.392 e. The Morgan fingerprint density at radius 1 is 1.48 bits per heavy atom. The molecule has 0 atom stereocenters. The van der Waals surface area contributed by atoms with Gasteiger partial charge in [0.2, 0.25) is 5.95 Å². The fraction of sp³-hybridized carbons (Fsp3) is 0.357. The number of aromatic nitrogens is 4. The first kappa shape index (κ1) is 15.0. The zero-order valence-corrected chi connectivity index (χ0v) is 12.2. The van der Waals surface area contributed by atoms with Crippen LogP contribution in [0.15, 0.2) is 30.6 Å². The molecule has 0 saturated carbocycles. The number of rotatable bonds is 6. The van der Waals surface area contributed by atoms with E-state index >= 15 is 0 Å². The van der Waals surface area contributed by atoms with Gasteiger partial charge in [0.1, 0.15) is 5.69 Å². The molecule has 2 aromatic heterocycles. The third-order valence-corrected chi connectivity index (χ3v) is 2.95. The number of anilines is 1. The average Bonchev–Trinajstić information content (AvgIpc) is 3.05. The van der Waals surface area contributed by atoms with Crippen LogP contribution < -0.4 is 5.32 Å². The van der Waals surface area contributed by atoms with Gasteiger partial charge in [-0.05, 0) is 19.9 Å². The van der Waals surface area contributed by atoms with Gasteiger partial charge in [-0.15, -0.1) is 0 Å². The number of hydrogen-bond acceptors (Lipinski definition) is 4. The first-order valence-electron chi connectivity index (χ1n) is 6.78. The second-order valence-electron chi connectivity index (χ2n) is 4.50. The summed E-state index contributed by atoms with van der Waals surface area (Å²) < 4.78 is 3.44. The number of carbonyl (C=O) groups is 1. The van der Waals surface area contributed by atoms with Crippen molar-refractivity contribution in [2.45, 2.75) is 26.9 Å². The Hall–Kier alpha value is -2.41. The summed E-state index contributed by atoms with van der Waals surface area (Å²) in [5.74, 6) is 0.222. The van der Waals surface area contributed by atoms with Crippen LogP contribution in [0.5, 0.6) is 0 Å². The van der Waals surface area contributed by atoms with Crippen LogP contribution in [0.4, 0.5) is 5.95 Å². The second-order valence-corrected chi connectivity index (χ2v) is 4.50. The van der Waals surface area contributed by atoms with Crippen LogP contribution in [0.1, 0.15) is 23.1 Å². The maximum absolute atomic E-state index is 12.3. The molecular formula is C14H19N5O2. The van der Waals surface area contributed by atoms with Crippen LogP contribution in [0.2, 0.25) is 0 Å². The molecule has 0 aliphatic heterocycles. The van der Waals surface area contributed by atoms with Gasteiger partial charge >= 0.3 is 0 Å². The van der Waals surface area contributed by atoms with E-state index in [0.717, 1.165) is 5.69 Å². The molecular weight excluding hydrogens is 270 g/mol. The first-order chi connectivity index (χ1) is 10.2. The van der Waals surface area contributed by atoms with Gasteiger partial charge in [-0.1, -0.05) is 12.2 Å². The van der Waals surface area contributed by atoms with Gasteiger partial charge in [-0.25, -0.2) is 4.98 Å². The van der Waals surface area contributed by atoms with Crippen LogP contribution in [0, 0.1) is 6.92 Å². The van der Waals surface area contributed by atoms with E-state index < -0.39 is 0 Å². The zero-order chi connectivity index (χ0) is 15.2. The van der Waals surface area contributed by atoms with Crippen molar-refractivity contribution in [2.75, 3.05) is 11.9 Å². The van der Waals surface area contributed by atoms with Gasteiger partial charge in [-0.2, -0.15) is 5.10 Å². The van der Waals surface area contributed by atoms with Gasteiger partial charge < -0.3 is 9.67 Å². The maximum atomic E-state index is 12.3. The Bertz CT molecular complexity index is 642. The monoisotopic (exact) mass is 289 g/mol. The number of aliphatic hydroxyl groups excluding tert-OH is 1. The van der Waals surface area contributed by atoms with E-state index in [1.165, 1.54) is 0 Å². The molecule has 1 amide bonds. The summed E-state index contributed by atoms with van der Waals surface area (Å²) in [4.78, 5) is 16.4. The normalized spacial score (nSPS) is 11.2. The van der Waals surface area contributed by atoms with Gasteiger partial charge in [0.05, 0.1) is 12.3 Å². The van der Waals surface area contributed by atoms with E-state index in [1.807, 2.05) is 13.8 Å². The highest BCUT2D eigenvalue weighted by molar-refractivity contribution is 6.02. The lowest BCUT2D eigenvalue weighted by atomic mass is 10.3. The highest BCUT2D eigenvalue weighted by atomic mass is 16.2. The van der Waals surface area contributed by atoms with Gasteiger partial charge in [0.15, 0.2) is 0 Å². The number of aliphatic hydroxyl groups is 1. The van der Waals surface area contributed by atoms with Crippen molar-refractivity contribution in [1.29, 1.82) is 0 Å². The highest BCUT2D eigenvalue weighted by Gasteiger charge is 2.15. The number of nitrogens with zero attached hydrogens (tertiary/aromatic N) is 4. The van der Waals surface area contributed by atoms with Crippen molar-refractivity contribution >= 4 is 11.9 Å². The molecule has 0 aromatic carbocycles. The van der Waals surface area contributed by atoms with E-state index in [2.05, 4.69) is 15.4 Å². The number of amides is 1. The lowest BCUT2D eigenvalue weighted by Crippen LogP contribution is -2.19. The van der Waals surface area contributed by atoms with Crippen molar-refractivity contribution in [3.05, 3.63) is 42.0 Å². The molecule has 0 aliphatic carbocycles. The van der Waals surface area contributed by atoms with Crippen molar-refractivity contribution in [3.63, 3.8) is 0 Å². The third kappa shape index (κ3) is 3.57. The Balaban J connectivity index is 2.12. The molecule has 2 N–H and O–H groups in total. The van der Waals surface area contributed by atoms with E-state index in [-0.39, 0.29) is 12.5 Å². The van der Waals surface area contributed by atoms with Crippen LogP contribution in [-0.2, 0) is 13.1 Å². The second kappa shape index (κ2) is 6.85. The fourth-order valence-corrected chi connectivity index (χ4v) is 1.98. The predicted octanol–water partition coefficient (Wildman–Crippen LogP) is 1.21. The largest absolute Gasteiger partial charge is 0.392 e. The van der Waals surface area contributed by atoms with Crippen molar-refractivity contribution in [1.82, 2.24) is 19.3 Å². The van der Waals surface area contributed by atoms with E-state index in [1.54, 1.807) is 39.9 Å². The number of hydrogen-bond donors (Lipinski definition) is 2. The number of carbonyl (C=O) groups excluding carboxylic acids is 1. The Labute approximate surface area is 122 Å². The molecule has 0 unspecified atom stereocenters. The van der Waals surface area contributed by atoms with E-state index in [9.17, 15) is 4.79 Å². The molecule has 0 saturated heterocycles. The summed E-state index contributed by atoms with van der Waals surface area (Å²) in [6, 6.07) is 1.75. The van der Waals surface area contributed by atoms with Gasteiger partial charge in [0, 0.05) is 25.5 Å². The first-order valence-corrected chi connectivity index (χ1v) is 6.78. The quantitative estimate of drug-likeness (QED) is 0.783. The molecule has 0 bridgehead atoms. The molecule has 0 aliphatic rings. The maximum Gasteiger partial charge on any atom is 0.276 e. The zero-order valence-electron chi connectivity index (χ0n) is 12.2. The number of aryl methyl sites for hydroxylation is 2. The smallest absolute Gasteiger partial charge is 0.276 e. The molecule has 2 heterocycles. The van der Waals surface area contributed by atoms with Crippen LogP contribution in [0.25, 0.3) is 0 Å².